The normalized spacial score (nSPS) is 10.6. The van der Waals surface area contributed by atoms with Gasteiger partial charge in [-0.25, -0.2) is 4.68 Å². The zero-order valence-electron chi connectivity index (χ0n) is 17.4. The molecule has 3 N–H and O–H groups in total. The fourth-order valence-electron chi connectivity index (χ4n) is 3.25. The van der Waals surface area contributed by atoms with Crippen LogP contribution < -0.4 is 16.1 Å². The Kier molecular flexibility index (Phi) is 6.48. The summed E-state index contributed by atoms with van der Waals surface area (Å²) < 4.78 is 2.19. The van der Waals surface area contributed by atoms with Gasteiger partial charge in [0.2, 0.25) is 0 Å². The Bertz CT molecular complexity index is 1390. The number of hydrogen-bond acceptors (Lipinski definition) is 3. The van der Waals surface area contributed by atoms with Crippen LogP contribution in [-0.2, 0) is 9.59 Å². The van der Waals surface area contributed by atoms with Crippen LogP contribution >= 0.6 is 27.5 Å². The average Bonchev–Trinajstić information content (AvgIpc) is 3.14. The Morgan fingerprint density at radius 1 is 0.848 bits per heavy atom. The molecule has 0 saturated heterocycles. The Hall–Kier alpha value is -3.62. The third-order valence-electron chi connectivity index (χ3n) is 4.86. The zero-order chi connectivity index (χ0) is 23.5. The molecule has 0 bridgehead atoms. The lowest BCUT2D eigenvalue weighted by Crippen LogP contribution is -2.36. The minimum Gasteiger partial charge on any atom is -0.321 e. The van der Waals surface area contributed by atoms with Gasteiger partial charge in [-0.2, -0.15) is 0 Å². The van der Waals surface area contributed by atoms with Crippen LogP contribution in [0.1, 0.15) is 16.1 Å². The predicted molar refractivity (Wildman–Crippen MR) is 133 cm³/mol. The molecule has 1 heterocycles. The largest absolute Gasteiger partial charge is 0.328 e. The van der Waals surface area contributed by atoms with E-state index in [4.69, 9.17) is 11.6 Å². The monoisotopic (exact) mass is 524 g/mol. The Balaban J connectivity index is 1.64. The number of para-hydroxylation sites is 1. The van der Waals surface area contributed by atoms with Crippen LogP contribution in [0, 0.1) is 6.92 Å². The van der Waals surface area contributed by atoms with Gasteiger partial charge in [0.1, 0.15) is 5.69 Å². The molecule has 0 radical (unpaired) electrons. The summed E-state index contributed by atoms with van der Waals surface area (Å²) in [5, 5.41) is 6.44. The second-order valence-corrected chi connectivity index (χ2v) is 8.54. The molecule has 0 aliphatic rings. The molecule has 0 atom stereocenters. The SMILES string of the molecule is Cc1cc(NC(=O)c2cc3cc(Cl)ccc3n2NC(=O)C(=O)Nc2ccccc2)ccc1Br. The number of aromatic nitrogens is 1. The average molecular weight is 526 g/mol. The number of aryl methyl sites for hydroxylation is 1. The number of fused-ring (bicyclic) bond motifs is 1. The Labute approximate surface area is 202 Å². The molecule has 7 nitrogen and oxygen atoms in total. The van der Waals surface area contributed by atoms with Gasteiger partial charge in [-0.3, -0.25) is 19.8 Å². The van der Waals surface area contributed by atoms with Crippen LogP contribution in [0.3, 0.4) is 0 Å². The zero-order valence-corrected chi connectivity index (χ0v) is 19.7. The smallest absolute Gasteiger partial charge is 0.321 e. The third kappa shape index (κ3) is 5.08. The molecule has 166 valence electrons. The first-order chi connectivity index (χ1) is 15.8. The van der Waals surface area contributed by atoms with Gasteiger partial charge in [-0.05, 0) is 67.1 Å². The maximum Gasteiger partial charge on any atom is 0.328 e. The van der Waals surface area contributed by atoms with E-state index in [0.717, 1.165) is 10.0 Å². The highest BCUT2D eigenvalue weighted by Crippen LogP contribution is 2.25. The summed E-state index contributed by atoms with van der Waals surface area (Å²) in [6.45, 7) is 1.91. The van der Waals surface area contributed by atoms with E-state index in [1.54, 1.807) is 60.7 Å². The van der Waals surface area contributed by atoms with Crippen molar-refractivity contribution in [2.45, 2.75) is 6.92 Å². The number of hydrogen-bond donors (Lipinski definition) is 3. The molecule has 33 heavy (non-hydrogen) atoms. The van der Waals surface area contributed by atoms with Crippen molar-refractivity contribution < 1.29 is 14.4 Å². The van der Waals surface area contributed by atoms with Gasteiger partial charge in [-0.1, -0.05) is 45.7 Å². The number of anilines is 2. The maximum absolute atomic E-state index is 13.1. The van der Waals surface area contributed by atoms with Crippen molar-refractivity contribution in [3.63, 3.8) is 0 Å². The van der Waals surface area contributed by atoms with Crippen LogP contribution in [0.5, 0.6) is 0 Å². The summed E-state index contributed by atoms with van der Waals surface area (Å²) in [7, 11) is 0. The van der Waals surface area contributed by atoms with Gasteiger partial charge in [0.25, 0.3) is 5.91 Å². The number of nitrogens with zero attached hydrogens (tertiary/aromatic N) is 1. The Morgan fingerprint density at radius 3 is 2.33 bits per heavy atom. The molecule has 3 aromatic carbocycles. The molecule has 0 spiro atoms. The minimum absolute atomic E-state index is 0.133. The van der Waals surface area contributed by atoms with Crippen molar-refractivity contribution >= 4 is 67.5 Å². The number of nitrogens with one attached hydrogen (secondary N) is 3. The molecule has 0 aliphatic carbocycles. The second kappa shape index (κ2) is 9.48. The standard InChI is InChI=1S/C24H18BrClN4O3/c1-14-11-18(8-9-19(14)25)28-22(31)21-13-15-12-16(26)7-10-20(15)30(21)29-24(33)23(32)27-17-5-3-2-4-6-17/h2-13H,1H3,(H,27,32)(H,28,31)(H,29,33). The summed E-state index contributed by atoms with van der Waals surface area (Å²) in [6, 6.07) is 20.6. The van der Waals surface area contributed by atoms with Crippen LogP contribution in [0.4, 0.5) is 11.4 Å². The van der Waals surface area contributed by atoms with Crippen molar-refractivity contribution in [3.05, 3.63) is 93.5 Å². The lowest BCUT2D eigenvalue weighted by Gasteiger charge is -2.13. The molecule has 0 aliphatic heterocycles. The van der Waals surface area contributed by atoms with E-state index in [0.29, 0.717) is 27.3 Å². The first-order valence-electron chi connectivity index (χ1n) is 9.88. The summed E-state index contributed by atoms with van der Waals surface area (Å²) >= 11 is 9.53. The van der Waals surface area contributed by atoms with Gasteiger partial charge >= 0.3 is 11.8 Å². The van der Waals surface area contributed by atoms with E-state index in [9.17, 15) is 14.4 Å². The number of halogens is 2. The van der Waals surface area contributed by atoms with Crippen molar-refractivity contribution in [1.82, 2.24) is 4.68 Å². The fourth-order valence-corrected chi connectivity index (χ4v) is 3.68. The number of carbonyl (C=O) groups is 3. The summed E-state index contributed by atoms with van der Waals surface area (Å²) in [6.07, 6.45) is 0. The van der Waals surface area contributed by atoms with Crippen molar-refractivity contribution in [1.29, 1.82) is 0 Å². The summed E-state index contributed by atoms with van der Waals surface area (Å²) in [5.74, 6) is -2.26. The molecular formula is C24H18BrClN4O3. The number of carbonyl (C=O) groups excluding carboxylic acids is 3. The van der Waals surface area contributed by atoms with Crippen LogP contribution in [0.15, 0.2) is 77.3 Å². The van der Waals surface area contributed by atoms with E-state index >= 15 is 0 Å². The molecular weight excluding hydrogens is 508 g/mol. The van der Waals surface area contributed by atoms with Gasteiger partial charge in [0.15, 0.2) is 0 Å². The maximum atomic E-state index is 13.1. The number of benzene rings is 3. The first kappa shape index (κ1) is 22.6. The quantitative estimate of drug-likeness (QED) is 0.315. The van der Waals surface area contributed by atoms with E-state index in [-0.39, 0.29) is 5.69 Å². The van der Waals surface area contributed by atoms with E-state index in [2.05, 4.69) is 32.0 Å². The summed E-state index contributed by atoms with van der Waals surface area (Å²) in [5.41, 5.74) is 5.17. The lowest BCUT2D eigenvalue weighted by atomic mass is 10.2. The molecule has 0 saturated carbocycles. The van der Waals surface area contributed by atoms with Gasteiger partial charge in [0.05, 0.1) is 5.52 Å². The summed E-state index contributed by atoms with van der Waals surface area (Å²) in [4.78, 5) is 38.1. The van der Waals surface area contributed by atoms with Gasteiger partial charge in [-0.15, -0.1) is 0 Å². The predicted octanol–water partition coefficient (Wildman–Crippen LogP) is 5.33. The Morgan fingerprint density at radius 2 is 1.61 bits per heavy atom. The van der Waals surface area contributed by atoms with Crippen molar-refractivity contribution in [2.75, 3.05) is 16.1 Å². The van der Waals surface area contributed by atoms with E-state index in [1.165, 1.54) is 4.68 Å². The molecule has 4 aromatic rings. The second-order valence-electron chi connectivity index (χ2n) is 7.25. The lowest BCUT2D eigenvalue weighted by molar-refractivity contribution is -0.133. The van der Waals surface area contributed by atoms with Crippen molar-refractivity contribution in [2.24, 2.45) is 0 Å². The fraction of sp³-hybridized carbons (Fsp3) is 0.0417. The minimum atomic E-state index is -0.931. The van der Waals surface area contributed by atoms with E-state index < -0.39 is 17.7 Å². The van der Waals surface area contributed by atoms with Gasteiger partial charge in [0, 0.05) is 26.3 Å². The molecule has 9 heteroatoms. The van der Waals surface area contributed by atoms with E-state index in [1.807, 2.05) is 19.1 Å². The highest BCUT2D eigenvalue weighted by molar-refractivity contribution is 9.10. The molecule has 3 amide bonds. The van der Waals surface area contributed by atoms with Crippen LogP contribution in [0.25, 0.3) is 10.9 Å². The molecule has 4 rings (SSSR count). The van der Waals surface area contributed by atoms with Crippen LogP contribution in [0.2, 0.25) is 5.02 Å². The highest BCUT2D eigenvalue weighted by atomic mass is 79.9. The topological polar surface area (TPSA) is 92.2 Å². The molecule has 0 unspecified atom stereocenters. The number of rotatable bonds is 4. The number of amides is 3. The molecule has 0 fully saturated rings. The molecule has 1 aromatic heterocycles. The van der Waals surface area contributed by atoms with Gasteiger partial charge < -0.3 is 10.6 Å². The van der Waals surface area contributed by atoms with Crippen molar-refractivity contribution in [3.8, 4) is 0 Å². The first-order valence-corrected chi connectivity index (χ1v) is 11.0. The van der Waals surface area contributed by atoms with Crippen LogP contribution in [-0.4, -0.2) is 22.4 Å². The third-order valence-corrected chi connectivity index (χ3v) is 5.99. The highest BCUT2D eigenvalue weighted by Gasteiger charge is 2.21.